The standard InChI is InChI=1S/C15H19NO4S/c1-2-10-5-3-4-6-14(10)21(19,20)16-11-7-8-13(16)12(9-11)15(17)18/h3-6,11-13H,2,7-9H2,1H3,(H,17,18). The molecule has 0 radical (unpaired) electrons. The molecule has 0 spiro atoms. The minimum atomic E-state index is -3.61. The van der Waals surface area contributed by atoms with Gasteiger partial charge in [-0.25, -0.2) is 8.42 Å². The molecule has 1 N–H and O–H groups in total. The second-order valence-electron chi connectivity index (χ2n) is 5.78. The zero-order chi connectivity index (χ0) is 15.2. The van der Waals surface area contributed by atoms with Crippen LogP contribution in [-0.4, -0.2) is 35.9 Å². The maximum absolute atomic E-state index is 13.0. The number of hydrogen-bond acceptors (Lipinski definition) is 3. The molecule has 3 unspecified atom stereocenters. The quantitative estimate of drug-likeness (QED) is 0.921. The van der Waals surface area contributed by atoms with Gasteiger partial charge >= 0.3 is 5.97 Å². The maximum atomic E-state index is 13.0. The van der Waals surface area contributed by atoms with E-state index in [0.29, 0.717) is 24.2 Å². The molecule has 0 amide bonds. The molecule has 114 valence electrons. The first-order valence-electron chi connectivity index (χ1n) is 7.31. The van der Waals surface area contributed by atoms with Gasteiger partial charge in [-0.05, 0) is 37.3 Å². The van der Waals surface area contributed by atoms with E-state index in [1.165, 1.54) is 4.31 Å². The molecule has 0 saturated carbocycles. The number of hydrogen-bond donors (Lipinski definition) is 1. The SMILES string of the molecule is CCc1ccccc1S(=O)(=O)N1C2CCC1C(C(=O)O)C2. The van der Waals surface area contributed by atoms with E-state index in [0.717, 1.165) is 12.0 Å². The first-order chi connectivity index (χ1) is 9.96. The fourth-order valence-electron chi connectivity index (χ4n) is 3.74. The lowest BCUT2D eigenvalue weighted by Crippen LogP contribution is -2.38. The van der Waals surface area contributed by atoms with Gasteiger partial charge < -0.3 is 5.11 Å². The molecule has 2 aliphatic heterocycles. The summed E-state index contributed by atoms with van der Waals surface area (Å²) in [6.07, 6.45) is 2.49. The van der Waals surface area contributed by atoms with E-state index in [4.69, 9.17) is 0 Å². The number of sulfonamides is 1. The molecule has 0 aromatic heterocycles. The van der Waals surface area contributed by atoms with Crippen LogP contribution in [0.25, 0.3) is 0 Å². The second-order valence-corrected chi connectivity index (χ2v) is 7.59. The predicted octanol–water partition coefficient (Wildman–Crippen LogP) is 1.88. The third-order valence-electron chi connectivity index (χ3n) is 4.70. The fraction of sp³-hybridized carbons (Fsp3) is 0.533. The molecule has 6 heteroatoms. The predicted molar refractivity (Wildman–Crippen MR) is 77.4 cm³/mol. The number of nitrogens with zero attached hydrogens (tertiary/aromatic N) is 1. The number of carbonyl (C=O) groups is 1. The minimum Gasteiger partial charge on any atom is -0.481 e. The lowest BCUT2D eigenvalue weighted by Gasteiger charge is -2.23. The van der Waals surface area contributed by atoms with Crippen molar-refractivity contribution in [1.29, 1.82) is 0 Å². The lowest BCUT2D eigenvalue weighted by atomic mass is 9.89. The van der Waals surface area contributed by atoms with Crippen LogP contribution >= 0.6 is 0 Å². The van der Waals surface area contributed by atoms with Crippen molar-refractivity contribution in [2.24, 2.45) is 5.92 Å². The number of rotatable bonds is 4. The first-order valence-corrected chi connectivity index (χ1v) is 8.75. The van der Waals surface area contributed by atoms with E-state index in [1.54, 1.807) is 12.1 Å². The van der Waals surface area contributed by atoms with Crippen LogP contribution in [0.15, 0.2) is 29.2 Å². The normalized spacial score (nSPS) is 28.9. The van der Waals surface area contributed by atoms with Crippen molar-refractivity contribution in [1.82, 2.24) is 4.31 Å². The molecular formula is C15H19NO4S. The molecular weight excluding hydrogens is 290 g/mol. The molecule has 1 aromatic rings. The third kappa shape index (κ3) is 2.17. The maximum Gasteiger partial charge on any atom is 0.308 e. The summed E-state index contributed by atoms with van der Waals surface area (Å²) in [5.74, 6) is -1.45. The first kappa shape index (κ1) is 14.5. The smallest absolute Gasteiger partial charge is 0.308 e. The molecule has 1 aromatic carbocycles. The number of carboxylic acids is 1. The number of carboxylic acid groups (broad SMARTS) is 1. The van der Waals surface area contributed by atoms with Crippen LogP contribution in [0.2, 0.25) is 0 Å². The Hall–Kier alpha value is -1.40. The lowest BCUT2D eigenvalue weighted by molar-refractivity contribution is -0.142. The molecule has 5 nitrogen and oxygen atoms in total. The van der Waals surface area contributed by atoms with Crippen molar-refractivity contribution in [2.75, 3.05) is 0 Å². The highest BCUT2D eigenvalue weighted by atomic mass is 32.2. The number of aryl methyl sites for hydroxylation is 1. The Balaban J connectivity index is 2.02. The topological polar surface area (TPSA) is 74.7 Å². The summed E-state index contributed by atoms with van der Waals surface area (Å²) in [6, 6.07) is 6.45. The zero-order valence-corrected chi connectivity index (χ0v) is 12.7. The summed E-state index contributed by atoms with van der Waals surface area (Å²) in [5, 5.41) is 9.27. The van der Waals surface area contributed by atoms with E-state index in [9.17, 15) is 18.3 Å². The van der Waals surface area contributed by atoms with Crippen LogP contribution in [0.4, 0.5) is 0 Å². The highest BCUT2D eigenvalue weighted by Crippen LogP contribution is 2.45. The molecule has 3 rings (SSSR count). The van der Waals surface area contributed by atoms with Crippen molar-refractivity contribution in [2.45, 2.75) is 49.6 Å². The van der Waals surface area contributed by atoms with Crippen molar-refractivity contribution in [3.63, 3.8) is 0 Å². The Morgan fingerprint density at radius 1 is 1.33 bits per heavy atom. The molecule has 21 heavy (non-hydrogen) atoms. The van der Waals surface area contributed by atoms with E-state index in [1.807, 2.05) is 19.1 Å². The van der Waals surface area contributed by atoms with Gasteiger partial charge in [0, 0.05) is 12.1 Å². The van der Waals surface area contributed by atoms with Crippen molar-refractivity contribution in [3.05, 3.63) is 29.8 Å². The fourth-order valence-corrected chi connectivity index (χ4v) is 5.95. The highest BCUT2D eigenvalue weighted by molar-refractivity contribution is 7.89. The van der Waals surface area contributed by atoms with Crippen LogP contribution in [0.5, 0.6) is 0 Å². The van der Waals surface area contributed by atoms with Crippen LogP contribution in [-0.2, 0) is 21.2 Å². The summed E-state index contributed by atoms with van der Waals surface area (Å²) < 4.78 is 27.4. The summed E-state index contributed by atoms with van der Waals surface area (Å²) in [7, 11) is -3.61. The molecule has 2 bridgehead atoms. The van der Waals surface area contributed by atoms with E-state index in [2.05, 4.69) is 0 Å². The third-order valence-corrected chi connectivity index (χ3v) is 6.78. The summed E-state index contributed by atoms with van der Waals surface area (Å²) >= 11 is 0. The van der Waals surface area contributed by atoms with Crippen molar-refractivity contribution >= 4 is 16.0 Å². The van der Waals surface area contributed by atoms with E-state index in [-0.39, 0.29) is 12.1 Å². The van der Waals surface area contributed by atoms with Crippen LogP contribution in [0.1, 0.15) is 31.7 Å². The Morgan fingerprint density at radius 3 is 2.67 bits per heavy atom. The Morgan fingerprint density at radius 2 is 2.05 bits per heavy atom. The Bertz CT molecular complexity index is 670. The summed E-state index contributed by atoms with van der Waals surface area (Å²) in [5.41, 5.74) is 0.788. The zero-order valence-electron chi connectivity index (χ0n) is 11.9. The number of fused-ring (bicyclic) bond motifs is 2. The molecule has 2 aliphatic rings. The van der Waals surface area contributed by atoms with Gasteiger partial charge in [-0.1, -0.05) is 25.1 Å². The van der Waals surface area contributed by atoms with Crippen LogP contribution in [0.3, 0.4) is 0 Å². The molecule has 2 heterocycles. The van der Waals surface area contributed by atoms with Gasteiger partial charge in [0.1, 0.15) is 0 Å². The highest BCUT2D eigenvalue weighted by Gasteiger charge is 2.54. The second kappa shape index (κ2) is 5.10. The van der Waals surface area contributed by atoms with Gasteiger partial charge in [0.2, 0.25) is 10.0 Å². The monoisotopic (exact) mass is 309 g/mol. The van der Waals surface area contributed by atoms with Gasteiger partial charge in [0.15, 0.2) is 0 Å². The van der Waals surface area contributed by atoms with Crippen LogP contribution in [0, 0.1) is 5.92 Å². The van der Waals surface area contributed by atoms with Crippen molar-refractivity contribution < 1.29 is 18.3 Å². The number of benzene rings is 1. The van der Waals surface area contributed by atoms with Crippen molar-refractivity contribution in [3.8, 4) is 0 Å². The molecule has 2 saturated heterocycles. The van der Waals surface area contributed by atoms with Crippen LogP contribution < -0.4 is 0 Å². The Kier molecular flexibility index (Phi) is 3.53. The van der Waals surface area contributed by atoms with Gasteiger partial charge in [0.25, 0.3) is 0 Å². The van der Waals surface area contributed by atoms with Gasteiger partial charge in [-0.2, -0.15) is 4.31 Å². The number of aliphatic carboxylic acids is 1. The van der Waals surface area contributed by atoms with E-state index < -0.39 is 21.9 Å². The summed E-state index contributed by atoms with van der Waals surface area (Å²) in [4.78, 5) is 11.6. The van der Waals surface area contributed by atoms with E-state index >= 15 is 0 Å². The molecule has 2 fully saturated rings. The largest absolute Gasteiger partial charge is 0.481 e. The average Bonchev–Trinajstić information content (AvgIpc) is 3.05. The Labute approximate surface area is 124 Å². The van der Waals surface area contributed by atoms with Gasteiger partial charge in [0.05, 0.1) is 10.8 Å². The van der Waals surface area contributed by atoms with Gasteiger partial charge in [-0.15, -0.1) is 0 Å². The molecule has 3 atom stereocenters. The molecule has 0 aliphatic carbocycles. The summed E-state index contributed by atoms with van der Waals surface area (Å²) in [6.45, 7) is 1.92. The minimum absolute atomic E-state index is 0.161. The average molecular weight is 309 g/mol. The van der Waals surface area contributed by atoms with Gasteiger partial charge in [-0.3, -0.25) is 4.79 Å².